The van der Waals surface area contributed by atoms with Gasteiger partial charge in [-0.2, -0.15) is 13.2 Å². The van der Waals surface area contributed by atoms with Gasteiger partial charge < -0.3 is 10.6 Å². The van der Waals surface area contributed by atoms with E-state index in [0.29, 0.717) is 36.4 Å². The molecule has 1 aliphatic heterocycles. The van der Waals surface area contributed by atoms with E-state index in [-0.39, 0.29) is 6.04 Å². The number of anilines is 1. The van der Waals surface area contributed by atoms with Crippen molar-refractivity contribution in [3.8, 4) is 11.1 Å². The molecule has 0 radical (unpaired) electrons. The molecule has 190 valence electrons. The van der Waals surface area contributed by atoms with Crippen molar-refractivity contribution in [1.82, 2.24) is 10.3 Å². The molecule has 0 unspecified atom stereocenters. The fourth-order valence-corrected chi connectivity index (χ4v) is 6.85. The summed E-state index contributed by atoms with van der Waals surface area (Å²) < 4.78 is 64.7. The largest absolute Gasteiger partial charge is 0.417 e. The van der Waals surface area contributed by atoms with Gasteiger partial charge in [-0.05, 0) is 85.2 Å². The molecular weight excluding hydrogens is 487 g/mol. The Bertz CT molecular complexity index is 1320. The van der Waals surface area contributed by atoms with Crippen LogP contribution in [0.2, 0.25) is 0 Å². The van der Waals surface area contributed by atoms with Crippen LogP contribution in [0.5, 0.6) is 0 Å². The number of benzene rings is 2. The summed E-state index contributed by atoms with van der Waals surface area (Å²) in [4.78, 5) is 4.19. The summed E-state index contributed by atoms with van der Waals surface area (Å²) in [7, 11) is -3.47. The van der Waals surface area contributed by atoms with Gasteiger partial charge in [0.25, 0.3) is 0 Å². The van der Waals surface area contributed by atoms with Crippen LogP contribution >= 0.6 is 0 Å². The molecule has 0 spiro atoms. The number of nitrogens with one attached hydrogen (secondary N) is 2. The van der Waals surface area contributed by atoms with Crippen molar-refractivity contribution in [2.45, 2.75) is 61.0 Å². The summed E-state index contributed by atoms with van der Waals surface area (Å²) in [6.07, 6.45) is -0.439. The predicted octanol–water partition coefficient (Wildman–Crippen LogP) is 5.61. The molecule has 36 heavy (non-hydrogen) atoms. The average molecular weight is 516 g/mol. The minimum atomic E-state index is -4.42. The van der Waals surface area contributed by atoms with E-state index in [0.717, 1.165) is 42.9 Å². The third-order valence-corrected chi connectivity index (χ3v) is 9.44. The minimum absolute atomic E-state index is 0.0257. The molecule has 2 aliphatic rings. The van der Waals surface area contributed by atoms with Gasteiger partial charge in [0.1, 0.15) is 5.82 Å². The van der Waals surface area contributed by atoms with E-state index in [4.69, 9.17) is 0 Å². The van der Waals surface area contributed by atoms with Gasteiger partial charge >= 0.3 is 6.18 Å². The van der Waals surface area contributed by atoms with Gasteiger partial charge in [0.05, 0.1) is 15.7 Å². The second-order valence-electron chi connectivity index (χ2n) is 9.53. The minimum Gasteiger partial charge on any atom is -0.367 e. The normalized spacial score (nSPS) is 20.5. The van der Waals surface area contributed by atoms with Crippen molar-refractivity contribution in [3.05, 3.63) is 77.5 Å². The van der Waals surface area contributed by atoms with Crippen LogP contribution in [0.15, 0.2) is 65.7 Å². The molecule has 5 rings (SSSR count). The van der Waals surface area contributed by atoms with Gasteiger partial charge in [0.15, 0.2) is 9.84 Å². The SMILES string of the molecule is O=S(=O)(c1ccc(-c2ccc3c(c2)CCNC3)cc1)C1CCC(Nc2ccc(C(F)(F)F)cn2)CC1. The predicted molar refractivity (Wildman–Crippen MR) is 133 cm³/mol. The Balaban J connectivity index is 1.21. The maximum absolute atomic E-state index is 13.3. The highest BCUT2D eigenvalue weighted by atomic mass is 32.2. The number of hydrogen-bond donors (Lipinski definition) is 2. The van der Waals surface area contributed by atoms with Crippen LogP contribution in [0.3, 0.4) is 0 Å². The van der Waals surface area contributed by atoms with Crippen LogP contribution < -0.4 is 10.6 Å². The molecule has 0 saturated heterocycles. The molecule has 3 aromatic rings. The molecule has 5 nitrogen and oxygen atoms in total. The Kier molecular flexibility index (Phi) is 6.78. The number of fused-ring (bicyclic) bond motifs is 1. The topological polar surface area (TPSA) is 71.1 Å². The average Bonchev–Trinajstić information content (AvgIpc) is 2.88. The van der Waals surface area contributed by atoms with Crippen molar-refractivity contribution in [1.29, 1.82) is 0 Å². The number of hydrogen-bond acceptors (Lipinski definition) is 5. The maximum Gasteiger partial charge on any atom is 0.417 e. The molecule has 9 heteroatoms. The first-order chi connectivity index (χ1) is 17.2. The number of halogens is 3. The number of sulfone groups is 1. The number of alkyl halides is 3. The third kappa shape index (κ3) is 5.27. The Hall–Kier alpha value is -2.91. The van der Waals surface area contributed by atoms with Gasteiger partial charge in [-0.1, -0.05) is 30.3 Å². The molecule has 2 aromatic carbocycles. The molecular formula is C27H28F3N3O2S. The van der Waals surface area contributed by atoms with Crippen molar-refractivity contribution < 1.29 is 21.6 Å². The van der Waals surface area contributed by atoms with Crippen molar-refractivity contribution >= 4 is 15.7 Å². The van der Waals surface area contributed by atoms with Gasteiger partial charge in [0, 0.05) is 18.8 Å². The highest BCUT2D eigenvalue weighted by Gasteiger charge is 2.33. The summed E-state index contributed by atoms with van der Waals surface area (Å²) in [6.45, 7) is 1.84. The van der Waals surface area contributed by atoms with E-state index in [2.05, 4.69) is 33.8 Å². The molecule has 1 aromatic heterocycles. The Morgan fingerprint density at radius 2 is 1.61 bits per heavy atom. The Morgan fingerprint density at radius 1 is 0.889 bits per heavy atom. The molecule has 0 atom stereocenters. The zero-order valence-electron chi connectivity index (χ0n) is 19.7. The highest BCUT2D eigenvalue weighted by molar-refractivity contribution is 7.92. The second-order valence-corrected chi connectivity index (χ2v) is 11.8. The lowest BCUT2D eigenvalue weighted by Gasteiger charge is -2.29. The van der Waals surface area contributed by atoms with Crippen LogP contribution in [0.1, 0.15) is 42.4 Å². The molecule has 2 heterocycles. The van der Waals surface area contributed by atoms with E-state index in [1.165, 1.54) is 17.2 Å². The Labute approximate surface area is 209 Å². The van der Waals surface area contributed by atoms with Crippen LogP contribution in [0.4, 0.5) is 19.0 Å². The van der Waals surface area contributed by atoms with Crippen molar-refractivity contribution in [2.75, 3.05) is 11.9 Å². The summed E-state index contributed by atoms with van der Waals surface area (Å²) in [5.41, 5.74) is 3.93. The Morgan fingerprint density at radius 3 is 2.28 bits per heavy atom. The van der Waals surface area contributed by atoms with E-state index >= 15 is 0 Å². The fourth-order valence-electron chi connectivity index (χ4n) is 5.06. The first-order valence-corrected chi connectivity index (χ1v) is 13.7. The first kappa shape index (κ1) is 24.8. The number of rotatable bonds is 5. The second kappa shape index (κ2) is 9.86. The lowest BCUT2D eigenvalue weighted by Crippen LogP contribution is -2.33. The van der Waals surface area contributed by atoms with Crippen LogP contribution in [-0.2, 0) is 29.0 Å². The quantitative estimate of drug-likeness (QED) is 0.462. The van der Waals surface area contributed by atoms with E-state index < -0.39 is 26.8 Å². The van der Waals surface area contributed by atoms with Crippen LogP contribution in [0.25, 0.3) is 11.1 Å². The van der Waals surface area contributed by atoms with Crippen molar-refractivity contribution in [3.63, 3.8) is 0 Å². The fraction of sp³-hybridized carbons (Fsp3) is 0.370. The van der Waals surface area contributed by atoms with Gasteiger partial charge in [-0.25, -0.2) is 13.4 Å². The standard InChI is InChI=1S/C27H28F3N3O2S/c28-27(29,30)22-5-12-26(32-17-22)33-23-6-10-25(11-7-23)36(34,35)24-8-3-18(4-9-24)19-1-2-21-16-31-14-13-20(21)15-19/h1-5,8-9,12,15,17,23,25,31H,6-7,10-11,13-14,16H2,(H,32,33). The lowest BCUT2D eigenvalue weighted by atomic mass is 9.95. The summed E-state index contributed by atoms with van der Waals surface area (Å²) in [6, 6.07) is 15.8. The molecule has 0 amide bonds. The van der Waals surface area contributed by atoms with E-state index in [9.17, 15) is 21.6 Å². The molecule has 1 saturated carbocycles. The highest BCUT2D eigenvalue weighted by Crippen LogP contribution is 2.33. The van der Waals surface area contributed by atoms with Gasteiger partial charge in [0.2, 0.25) is 0 Å². The molecule has 0 bridgehead atoms. The number of aromatic nitrogens is 1. The first-order valence-electron chi connectivity index (χ1n) is 12.2. The molecule has 1 fully saturated rings. The van der Waals surface area contributed by atoms with Crippen LogP contribution in [0, 0.1) is 0 Å². The molecule has 2 N–H and O–H groups in total. The van der Waals surface area contributed by atoms with E-state index in [1.54, 1.807) is 12.1 Å². The smallest absolute Gasteiger partial charge is 0.367 e. The van der Waals surface area contributed by atoms with Crippen LogP contribution in [-0.4, -0.2) is 31.2 Å². The number of nitrogens with zero attached hydrogens (tertiary/aromatic N) is 1. The monoisotopic (exact) mass is 515 g/mol. The summed E-state index contributed by atoms with van der Waals surface area (Å²) >= 11 is 0. The zero-order valence-corrected chi connectivity index (χ0v) is 20.5. The third-order valence-electron chi connectivity index (χ3n) is 7.16. The number of pyridine rings is 1. The molecule has 1 aliphatic carbocycles. The zero-order chi connectivity index (χ0) is 25.3. The summed E-state index contributed by atoms with van der Waals surface area (Å²) in [5.74, 6) is 0.364. The summed E-state index contributed by atoms with van der Waals surface area (Å²) in [5, 5.41) is 6.03. The lowest BCUT2D eigenvalue weighted by molar-refractivity contribution is -0.137. The van der Waals surface area contributed by atoms with Crippen molar-refractivity contribution in [2.24, 2.45) is 0 Å². The van der Waals surface area contributed by atoms with E-state index in [1.807, 2.05) is 12.1 Å². The van der Waals surface area contributed by atoms with Gasteiger partial charge in [-0.15, -0.1) is 0 Å². The maximum atomic E-state index is 13.3. The van der Waals surface area contributed by atoms with Gasteiger partial charge in [-0.3, -0.25) is 0 Å².